The average molecular weight is 272 g/mol. The van der Waals surface area contributed by atoms with E-state index in [2.05, 4.69) is 0 Å². The van der Waals surface area contributed by atoms with E-state index in [1.54, 1.807) is 0 Å². The minimum Gasteiger partial charge on any atom is -0.0843 e. The largest absolute Gasteiger partial charge is 0.0843 e. The zero-order valence-electron chi connectivity index (χ0n) is 8.38. The van der Waals surface area contributed by atoms with Gasteiger partial charge < -0.3 is 0 Å². The van der Waals surface area contributed by atoms with Gasteiger partial charge >= 0.3 is 0 Å². The summed E-state index contributed by atoms with van der Waals surface area (Å²) in [5.41, 5.74) is 2.28. The number of hydrogen-bond donors (Lipinski definition) is 0. The minimum atomic E-state index is 0.580. The van der Waals surface area contributed by atoms with E-state index in [1.807, 2.05) is 42.5 Å². The van der Waals surface area contributed by atoms with Crippen molar-refractivity contribution in [3.63, 3.8) is 0 Å². The standard InChI is InChI=1S/C13H9Cl3/c14-11-3-1-2-9(7-11)6-10-4-5-12(15)13(16)8-10/h1-5,7-8H,6H2. The highest BCUT2D eigenvalue weighted by Gasteiger charge is 2.01. The quantitative estimate of drug-likeness (QED) is 0.701. The van der Waals surface area contributed by atoms with Gasteiger partial charge in [0.05, 0.1) is 10.0 Å². The molecule has 2 aromatic carbocycles. The van der Waals surface area contributed by atoms with E-state index in [1.165, 1.54) is 0 Å². The molecule has 0 fully saturated rings. The van der Waals surface area contributed by atoms with Gasteiger partial charge in [-0.05, 0) is 41.8 Å². The number of rotatable bonds is 2. The highest BCUT2D eigenvalue weighted by Crippen LogP contribution is 2.24. The lowest BCUT2D eigenvalue weighted by Crippen LogP contribution is -1.88. The van der Waals surface area contributed by atoms with Gasteiger partial charge in [0.1, 0.15) is 0 Å². The summed E-state index contributed by atoms with van der Waals surface area (Å²) in [6.07, 6.45) is 0.803. The Morgan fingerprint density at radius 3 is 2.19 bits per heavy atom. The normalized spacial score (nSPS) is 10.4. The first-order valence-electron chi connectivity index (χ1n) is 4.83. The molecule has 0 aliphatic heterocycles. The Morgan fingerprint density at radius 1 is 0.750 bits per heavy atom. The molecule has 0 radical (unpaired) electrons. The van der Waals surface area contributed by atoms with Gasteiger partial charge in [-0.3, -0.25) is 0 Å². The van der Waals surface area contributed by atoms with Crippen molar-refractivity contribution in [2.24, 2.45) is 0 Å². The molecule has 0 aliphatic rings. The van der Waals surface area contributed by atoms with E-state index >= 15 is 0 Å². The monoisotopic (exact) mass is 270 g/mol. The molecule has 16 heavy (non-hydrogen) atoms. The van der Waals surface area contributed by atoms with Gasteiger partial charge in [-0.2, -0.15) is 0 Å². The zero-order chi connectivity index (χ0) is 11.5. The average Bonchev–Trinajstić information content (AvgIpc) is 2.24. The maximum atomic E-state index is 5.95. The lowest BCUT2D eigenvalue weighted by Gasteiger charge is -2.04. The predicted octanol–water partition coefficient (Wildman–Crippen LogP) is 5.24. The maximum Gasteiger partial charge on any atom is 0.0595 e. The van der Waals surface area contributed by atoms with Crippen molar-refractivity contribution in [2.45, 2.75) is 6.42 Å². The van der Waals surface area contributed by atoms with Gasteiger partial charge in [-0.15, -0.1) is 0 Å². The second-order valence-corrected chi connectivity index (χ2v) is 4.81. The Kier molecular flexibility index (Phi) is 3.75. The van der Waals surface area contributed by atoms with E-state index in [-0.39, 0.29) is 0 Å². The summed E-state index contributed by atoms with van der Waals surface area (Å²) >= 11 is 17.7. The van der Waals surface area contributed by atoms with Crippen molar-refractivity contribution in [2.75, 3.05) is 0 Å². The topological polar surface area (TPSA) is 0 Å². The Morgan fingerprint density at radius 2 is 1.50 bits per heavy atom. The van der Waals surface area contributed by atoms with Gasteiger partial charge in [0.2, 0.25) is 0 Å². The molecule has 0 saturated carbocycles. The van der Waals surface area contributed by atoms with Crippen LogP contribution in [0.5, 0.6) is 0 Å². The molecule has 0 bridgehead atoms. The fourth-order valence-electron chi connectivity index (χ4n) is 1.53. The van der Waals surface area contributed by atoms with Crippen molar-refractivity contribution in [1.82, 2.24) is 0 Å². The molecule has 0 N–H and O–H groups in total. The third kappa shape index (κ3) is 2.91. The van der Waals surface area contributed by atoms with Crippen molar-refractivity contribution in [3.8, 4) is 0 Å². The van der Waals surface area contributed by atoms with Crippen molar-refractivity contribution in [1.29, 1.82) is 0 Å². The Balaban J connectivity index is 2.24. The Hall–Kier alpha value is -0.690. The molecule has 3 heteroatoms. The van der Waals surface area contributed by atoms with E-state index in [0.29, 0.717) is 10.0 Å². The SMILES string of the molecule is Clc1cccc(Cc2ccc(Cl)c(Cl)c2)c1. The van der Waals surface area contributed by atoms with Crippen LogP contribution in [0.1, 0.15) is 11.1 Å². The fourth-order valence-corrected chi connectivity index (χ4v) is 2.07. The van der Waals surface area contributed by atoms with Gasteiger partial charge in [0.25, 0.3) is 0 Å². The predicted molar refractivity (Wildman–Crippen MR) is 70.7 cm³/mol. The van der Waals surface area contributed by atoms with Crippen LogP contribution in [0.3, 0.4) is 0 Å². The smallest absolute Gasteiger partial charge is 0.0595 e. The van der Waals surface area contributed by atoms with Crippen LogP contribution in [0.15, 0.2) is 42.5 Å². The van der Waals surface area contributed by atoms with Gasteiger partial charge in [-0.25, -0.2) is 0 Å². The lowest BCUT2D eigenvalue weighted by molar-refractivity contribution is 1.19. The van der Waals surface area contributed by atoms with Gasteiger partial charge in [0.15, 0.2) is 0 Å². The molecule has 0 aromatic heterocycles. The van der Waals surface area contributed by atoms with Crippen LogP contribution in [0.2, 0.25) is 15.1 Å². The second-order valence-electron chi connectivity index (χ2n) is 3.56. The molecule has 0 nitrogen and oxygen atoms in total. The van der Waals surface area contributed by atoms with Crippen molar-refractivity contribution in [3.05, 3.63) is 68.7 Å². The van der Waals surface area contributed by atoms with Crippen LogP contribution < -0.4 is 0 Å². The summed E-state index contributed by atoms with van der Waals surface area (Å²) in [6, 6.07) is 13.4. The summed E-state index contributed by atoms with van der Waals surface area (Å²) in [5, 5.41) is 1.91. The number of hydrogen-bond acceptors (Lipinski definition) is 0. The highest BCUT2D eigenvalue weighted by molar-refractivity contribution is 6.42. The summed E-state index contributed by atoms with van der Waals surface area (Å²) in [5.74, 6) is 0. The first-order chi connectivity index (χ1) is 7.65. The van der Waals surface area contributed by atoms with Crippen LogP contribution in [-0.2, 0) is 6.42 Å². The number of halogens is 3. The highest BCUT2D eigenvalue weighted by atomic mass is 35.5. The molecule has 0 amide bonds. The molecule has 0 saturated heterocycles. The molecular formula is C13H9Cl3. The summed E-state index contributed by atoms with van der Waals surface area (Å²) < 4.78 is 0. The van der Waals surface area contributed by atoms with Gasteiger partial charge in [0, 0.05) is 5.02 Å². The van der Waals surface area contributed by atoms with Gasteiger partial charge in [-0.1, -0.05) is 53.0 Å². The summed E-state index contributed by atoms with van der Waals surface area (Å²) in [6.45, 7) is 0. The fraction of sp³-hybridized carbons (Fsp3) is 0.0769. The zero-order valence-corrected chi connectivity index (χ0v) is 10.7. The van der Waals surface area contributed by atoms with Crippen LogP contribution in [-0.4, -0.2) is 0 Å². The maximum absolute atomic E-state index is 5.95. The van der Waals surface area contributed by atoms with E-state index < -0.39 is 0 Å². The molecule has 0 heterocycles. The van der Waals surface area contributed by atoms with Crippen LogP contribution in [0.25, 0.3) is 0 Å². The molecule has 2 aromatic rings. The van der Waals surface area contributed by atoms with Crippen LogP contribution in [0, 0.1) is 0 Å². The minimum absolute atomic E-state index is 0.580. The third-order valence-electron chi connectivity index (χ3n) is 2.28. The van der Waals surface area contributed by atoms with Crippen LogP contribution >= 0.6 is 34.8 Å². The Labute approximate surface area is 110 Å². The first kappa shape index (κ1) is 11.8. The van der Waals surface area contributed by atoms with Crippen molar-refractivity contribution >= 4 is 34.8 Å². The summed E-state index contributed by atoms with van der Waals surface area (Å²) in [7, 11) is 0. The molecule has 0 atom stereocenters. The molecular weight excluding hydrogens is 263 g/mol. The first-order valence-corrected chi connectivity index (χ1v) is 5.97. The molecule has 82 valence electrons. The van der Waals surface area contributed by atoms with E-state index in [0.717, 1.165) is 22.6 Å². The number of benzene rings is 2. The molecule has 0 spiro atoms. The molecule has 0 unspecified atom stereocenters. The Bertz CT molecular complexity index is 506. The molecule has 2 rings (SSSR count). The van der Waals surface area contributed by atoms with E-state index in [9.17, 15) is 0 Å². The molecule has 0 aliphatic carbocycles. The summed E-state index contributed by atoms with van der Waals surface area (Å²) in [4.78, 5) is 0. The van der Waals surface area contributed by atoms with Crippen LogP contribution in [0.4, 0.5) is 0 Å². The van der Waals surface area contributed by atoms with E-state index in [4.69, 9.17) is 34.8 Å². The third-order valence-corrected chi connectivity index (χ3v) is 3.26. The lowest BCUT2D eigenvalue weighted by atomic mass is 10.1. The van der Waals surface area contributed by atoms with Crippen molar-refractivity contribution < 1.29 is 0 Å². The second kappa shape index (κ2) is 5.09.